The van der Waals surface area contributed by atoms with Crippen LogP contribution in [0, 0.1) is 6.92 Å². The molecule has 2 N–H and O–H groups in total. The molecular weight excluding hydrogens is 272 g/mol. The summed E-state index contributed by atoms with van der Waals surface area (Å²) in [5.74, 6) is -0.968. The number of aryl methyl sites for hydroxylation is 1. The van der Waals surface area contributed by atoms with E-state index in [1.165, 1.54) is 6.07 Å². The lowest BCUT2D eigenvalue weighted by atomic mass is 10.1. The molecule has 21 heavy (non-hydrogen) atoms. The molecule has 6 heteroatoms. The van der Waals surface area contributed by atoms with Gasteiger partial charge in [0.2, 0.25) is 0 Å². The topological polar surface area (TPSA) is 78.9 Å². The number of hydrogen-bond acceptors (Lipinski definition) is 3. The Morgan fingerprint density at radius 2 is 2.24 bits per heavy atom. The summed E-state index contributed by atoms with van der Waals surface area (Å²) in [5.41, 5.74) is 1.46. The van der Waals surface area contributed by atoms with Gasteiger partial charge in [0.25, 0.3) is 0 Å². The monoisotopic (exact) mass is 292 g/mol. The highest BCUT2D eigenvalue weighted by molar-refractivity contribution is 5.93. The smallest absolute Gasteiger partial charge is 0.335 e. The fraction of sp³-hybridized carbons (Fsp3) is 0.467. The number of benzene rings is 1. The van der Waals surface area contributed by atoms with Crippen molar-refractivity contribution in [3.8, 4) is 0 Å². The maximum atomic E-state index is 12.3. The van der Waals surface area contributed by atoms with E-state index >= 15 is 0 Å². The van der Waals surface area contributed by atoms with E-state index in [2.05, 4.69) is 5.32 Å². The zero-order valence-electron chi connectivity index (χ0n) is 12.3. The second-order valence-corrected chi connectivity index (χ2v) is 5.10. The summed E-state index contributed by atoms with van der Waals surface area (Å²) >= 11 is 0. The van der Waals surface area contributed by atoms with Gasteiger partial charge in [-0.25, -0.2) is 9.59 Å². The number of nitrogens with one attached hydrogen (secondary N) is 1. The van der Waals surface area contributed by atoms with Crippen molar-refractivity contribution in [1.29, 1.82) is 0 Å². The van der Waals surface area contributed by atoms with E-state index < -0.39 is 5.97 Å². The van der Waals surface area contributed by atoms with Crippen LogP contribution in [0.15, 0.2) is 18.2 Å². The van der Waals surface area contributed by atoms with Crippen molar-refractivity contribution in [3.63, 3.8) is 0 Å². The molecular formula is C15H20N2O4. The Balaban J connectivity index is 2.08. The normalized spacial score (nSPS) is 18.4. The maximum Gasteiger partial charge on any atom is 0.335 e. The molecule has 1 saturated heterocycles. The zero-order valence-corrected chi connectivity index (χ0v) is 12.3. The minimum atomic E-state index is -0.968. The van der Waals surface area contributed by atoms with Crippen molar-refractivity contribution in [2.75, 3.05) is 25.1 Å². The summed E-state index contributed by atoms with van der Waals surface area (Å²) in [6.07, 6.45) is 0.838. The minimum absolute atomic E-state index is 0.0816. The number of morpholine rings is 1. The molecule has 1 unspecified atom stereocenters. The van der Waals surface area contributed by atoms with Crippen molar-refractivity contribution in [3.05, 3.63) is 29.3 Å². The second-order valence-electron chi connectivity index (χ2n) is 5.10. The predicted octanol–water partition coefficient (Wildman–Crippen LogP) is 2.34. The van der Waals surface area contributed by atoms with Crippen molar-refractivity contribution >= 4 is 17.7 Å². The van der Waals surface area contributed by atoms with Gasteiger partial charge >= 0.3 is 12.0 Å². The Kier molecular flexibility index (Phi) is 4.80. The third-order valence-electron chi connectivity index (χ3n) is 3.67. The number of rotatable bonds is 3. The van der Waals surface area contributed by atoms with Gasteiger partial charge in [-0.05, 0) is 37.1 Å². The number of carboxylic acids is 1. The highest BCUT2D eigenvalue weighted by Gasteiger charge is 2.26. The molecule has 0 spiro atoms. The summed E-state index contributed by atoms with van der Waals surface area (Å²) in [4.78, 5) is 25.1. The number of aromatic carboxylic acids is 1. The molecule has 1 aromatic carbocycles. The Hall–Kier alpha value is -2.08. The van der Waals surface area contributed by atoms with Gasteiger partial charge in [-0.15, -0.1) is 0 Å². The molecule has 2 amide bonds. The highest BCUT2D eigenvalue weighted by atomic mass is 16.5. The van der Waals surface area contributed by atoms with E-state index in [-0.39, 0.29) is 17.6 Å². The molecule has 1 atom stereocenters. The lowest BCUT2D eigenvalue weighted by Crippen LogP contribution is -2.50. The van der Waals surface area contributed by atoms with Gasteiger partial charge < -0.3 is 20.1 Å². The SMILES string of the molecule is CCC1COCCN1C(=O)Nc1ccc(C(=O)O)c(C)c1. The fourth-order valence-electron chi connectivity index (χ4n) is 2.44. The summed E-state index contributed by atoms with van der Waals surface area (Å²) in [6, 6.07) is 4.69. The van der Waals surface area contributed by atoms with Gasteiger partial charge in [0, 0.05) is 12.2 Å². The van der Waals surface area contributed by atoms with Gasteiger partial charge in [-0.2, -0.15) is 0 Å². The number of anilines is 1. The van der Waals surface area contributed by atoms with E-state index in [4.69, 9.17) is 9.84 Å². The van der Waals surface area contributed by atoms with Gasteiger partial charge in [0.05, 0.1) is 24.8 Å². The number of ether oxygens (including phenoxy) is 1. The molecule has 0 saturated carbocycles. The van der Waals surface area contributed by atoms with E-state index in [9.17, 15) is 9.59 Å². The van der Waals surface area contributed by atoms with Crippen LogP contribution in [-0.2, 0) is 4.74 Å². The number of nitrogens with zero attached hydrogens (tertiary/aromatic N) is 1. The minimum Gasteiger partial charge on any atom is -0.478 e. The quantitative estimate of drug-likeness (QED) is 0.896. The number of urea groups is 1. The lowest BCUT2D eigenvalue weighted by molar-refractivity contribution is 0.0144. The molecule has 0 bridgehead atoms. The maximum absolute atomic E-state index is 12.3. The van der Waals surface area contributed by atoms with Crippen LogP contribution in [0.5, 0.6) is 0 Å². The van der Waals surface area contributed by atoms with Crippen molar-refractivity contribution in [1.82, 2.24) is 4.90 Å². The summed E-state index contributed by atoms with van der Waals surface area (Å²) < 4.78 is 5.38. The molecule has 0 radical (unpaired) electrons. The van der Waals surface area contributed by atoms with Crippen molar-refractivity contribution in [2.45, 2.75) is 26.3 Å². The standard InChI is InChI=1S/C15H20N2O4/c1-3-12-9-21-7-6-17(12)15(20)16-11-4-5-13(14(18)19)10(2)8-11/h4-5,8,12H,3,6-7,9H2,1-2H3,(H,16,20)(H,18,19). The van der Waals surface area contributed by atoms with E-state index in [1.807, 2.05) is 6.92 Å². The molecule has 2 rings (SSSR count). The molecule has 0 aliphatic carbocycles. The Bertz CT molecular complexity index is 544. The highest BCUT2D eigenvalue weighted by Crippen LogP contribution is 2.17. The largest absolute Gasteiger partial charge is 0.478 e. The lowest BCUT2D eigenvalue weighted by Gasteiger charge is -2.35. The van der Waals surface area contributed by atoms with Crippen LogP contribution in [0.3, 0.4) is 0 Å². The summed E-state index contributed by atoms with van der Waals surface area (Å²) in [5, 5.41) is 11.8. The Labute approximate surface area is 123 Å². The van der Waals surface area contributed by atoms with Crippen LogP contribution in [0.2, 0.25) is 0 Å². The van der Waals surface area contributed by atoms with Gasteiger partial charge in [0.1, 0.15) is 0 Å². The fourth-order valence-corrected chi connectivity index (χ4v) is 2.44. The first-order valence-corrected chi connectivity index (χ1v) is 7.02. The average Bonchev–Trinajstić information content (AvgIpc) is 2.46. The third-order valence-corrected chi connectivity index (χ3v) is 3.67. The van der Waals surface area contributed by atoms with Gasteiger partial charge in [-0.3, -0.25) is 0 Å². The molecule has 1 aliphatic rings. The van der Waals surface area contributed by atoms with Gasteiger partial charge in [-0.1, -0.05) is 6.92 Å². The van der Waals surface area contributed by atoms with E-state index in [0.29, 0.717) is 31.0 Å². The summed E-state index contributed by atoms with van der Waals surface area (Å²) in [7, 11) is 0. The molecule has 6 nitrogen and oxygen atoms in total. The predicted molar refractivity (Wildman–Crippen MR) is 78.8 cm³/mol. The van der Waals surface area contributed by atoms with E-state index in [0.717, 1.165) is 6.42 Å². The molecule has 1 aromatic rings. The first-order valence-electron chi connectivity index (χ1n) is 7.02. The first-order chi connectivity index (χ1) is 10.0. The number of carboxylic acid groups (broad SMARTS) is 1. The first kappa shape index (κ1) is 15.3. The average molecular weight is 292 g/mol. The van der Waals surface area contributed by atoms with Crippen LogP contribution in [0.1, 0.15) is 29.3 Å². The Morgan fingerprint density at radius 3 is 2.86 bits per heavy atom. The number of carbonyl (C=O) groups excluding carboxylic acids is 1. The molecule has 1 aliphatic heterocycles. The van der Waals surface area contributed by atoms with Crippen LogP contribution < -0.4 is 5.32 Å². The van der Waals surface area contributed by atoms with Gasteiger partial charge in [0.15, 0.2) is 0 Å². The van der Waals surface area contributed by atoms with Crippen LogP contribution in [-0.4, -0.2) is 47.8 Å². The number of carbonyl (C=O) groups is 2. The van der Waals surface area contributed by atoms with Crippen LogP contribution in [0.25, 0.3) is 0 Å². The third kappa shape index (κ3) is 3.52. The van der Waals surface area contributed by atoms with Crippen molar-refractivity contribution in [2.24, 2.45) is 0 Å². The molecule has 1 heterocycles. The molecule has 0 aromatic heterocycles. The zero-order chi connectivity index (χ0) is 15.4. The number of hydrogen-bond donors (Lipinski definition) is 2. The van der Waals surface area contributed by atoms with E-state index in [1.54, 1.807) is 24.0 Å². The van der Waals surface area contributed by atoms with Crippen LogP contribution >= 0.6 is 0 Å². The summed E-state index contributed by atoms with van der Waals surface area (Å²) in [6.45, 7) is 5.40. The molecule has 114 valence electrons. The second kappa shape index (κ2) is 6.58. The Morgan fingerprint density at radius 1 is 1.48 bits per heavy atom. The van der Waals surface area contributed by atoms with Crippen molar-refractivity contribution < 1.29 is 19.4 Å². The number of amides is 2. The van der Waals surface area contributed by atoms with Crippen LogP contribution in [0.4, 0.5) is 10.5 Å². The molecule has 1 fully saturated rings.